The number of rotatable bonds is 7. The number of aryl methyl sites for hydroxylation is 2. The molecule has 154 valence electrons. The highest BCUT2D eigenvalue weighted by Crippen LogP contribution is 2.18. The third kappa shape index (κ3) is 4.31. The van der Waals surface area contributed by atoms with E-state index in [0.29, 0.717) is 25.4 Å². The molecule has 0 aromatic carbocycles. The number of carbonyl (C=O) groups is 1. The summed E-state index contributed by atoms with van der Waals surface area (Å²) in [4.78, 5) is 21.0. The third-order valence-corrected chi connectivity index (χ3v) is 7.08. The minimum atomic E-state index is -3.35. The van der Waals surface area contributed by atoms with Gasteiger partial charge in [-0.3, -0.25) is 4.79 Å². The zero-order valence-corrected chi connectivity index (χ0v) is 17.4. The second-order valence-electron chi connectivity index (χ2n) is 7.27. The van der Waals surface area contributed by atoms with Crippen molar-refractivity contribution in [3.8, 4) is 0 Å². The van der Waals surface area contributed by atoms with E-state index in [1.807, 2.05) is 13.8 Å². The van der Waals surface area contributed by atoms with Gasteiger partial charge >= 0.3 is 0 Å². The second kappa shape index (κ2) is 8.10. The molecule has 10 nitrogen and oxygen atoms in total. The summed E-state index contributed by atoms with van der Waals surface area (Å²) < 4.78 is 32.5. The van der Waals surface area contributed by atoms with E-state index in [0.717, 1.165) is 17.0 Å². The van der Waals surface area contributed by atoms with Crippen molar-refractivity contribution in [3.63, 3.8) is 0 Å². The monoisotopic (exact) mass is 410 g/mol. The van der Waals surface area contributed by atoms with Gasteiger partial charge in [0.15, 0.2) is 0 Å². The zero-order valence-electron chi connectivity index (χ0n) is 16.5. The number of amides is 1. The average molecular weight is 411 g/mol. The molecular weight excluding hydrogens is 384 g/mol. The van der Waals surface area contributed by atoms with E-state index < -0.39 is 10.0 Å². The lowest BCUT2D eigenvalue weighted by atomic mass is 10.0. The van der Waals surface area contributed by atoms with Gasteiger partial charge in [-0.05, 0) is 25.8 Å². The number of carbonyl (C=O) groups excluding carboxylic acids is 1. The Hall–Kier alpha value is -2.11. The summed E-state index contributed by atoms with van der Waals surface area (Å²) in [7, 11) is -0.347. The first-order chi connectivity index (χ1) is 13.2. The topological polar surface area (TPSA) is 119 Å². The number of sulfonamides is 1. The molecule has 1 N–H and O–H groups in total. The van der Waals surface area contributed by atoms with Crippen molar-refractivity contribution in [1.29, 1.82) is 0 Å². The van der Waals surface area contributed by atoms with Crippen LogP contribution in [0.15, 0.2) is 6.33 Å². The van der Waals surface area contributed by atoms with E-state index in [1.54, 1.807) is 4.52 Å². The van der Waals surface area contributed by atoms with Crippen molar-refractivity contribution in [2.75, 3.05) is 33.1 Å². The molecule has 0 aliphatic carbocycles. The van der Waals surface area contributed by atoms with Crippen LogP contribution in [0.25, 0.3) is 5.78 Å². The molecule has 0 spiro atoms. The molecule has 2 atom stereocenters. The van der Waals surface area contributed by atoms with E-state index in [1.165, 1.54) is 24.7 Å². The highest BCUT2D eigenvalue weighted by molar-refractivity contribution is 7.89. The van der Waals surface area contributed by atoms with E-state index >= 15 is 0 Å². The third-order valence-electron chi connectivity index (χ3n) is 5.12. The first kappa shape index (κ1) is 20.6. The molecule has 11 heteroatoms. The number of aromatic nitrogens is 4. The average Bonchev–Trinajstić information content (AvgIpc) is 3.24. The van der Waals surface area contributed by atoms with Crippen molar-refractivity contribution >= 4 is 21.7 Å². The van der Waals surface area contributed by atoms with Crippen molar-refractivity contribution in [3.05, 3.63) is 23.3 Å². The molecule has 0 unspecified atom stereocenters. The van der Waals surface area contributed by atoms with Gasteiger partial charge in [0.1, 0.15) is 6.33 Å². The Balaban J connectivity index is 1.61. The predicted octanol–water partition coefficient (Wildman–Crippen LogP) is -0.304. The molecule has 1 aliphatic heterocycles. The lowest BCUT2D eigenvalue weighted by Crippen LogP contribution is -2.43. The molecule has 1 aliphatic rings. The van der Waals surface area contributed by atoms with Crippen molar-refractivity contribution in [1.82, 2.24) is 29.2 Å². The summed E-state index contributed by atoms with van der Waals surface area (Å²) in [6.07, 6.45) is 2.24. The van der Waals surface area contributed by atoms with Crippen LogP contribution >= 0.6 is 0 Å². The minimum Gasteiger partial charge on any atom is -0.379 e. The fourth-order valence-corrected chi connectivity index (χ4v) is 4.54. The van der Waals surface area contributed by atoms with Gasteiger partial charge in [-0.15, -0.1) is 0 Å². The van der Waals surface area contributed by atoms with Crippen molar-refractivity contribution < 1.29 is 17.9 Å². The molecular formula is C17H26N6O4S. The van der Waals surface area contributed by atoms with Crippen LogP contribution in [0.4, 0.5) is 0 Å². The summed E-state index contributed by atoms with van der Waals surface area (Å²) in [5, 5.41) is 7.08. The first-order valence-corrected chi connectivity index (χ1v) is 10.7. The van der Waals surface area contributed by atoms with Gasteiger partial charge in [-0.25, -0.2) is 22.2 Å². The van der Waals surface area contributed by atoms with E-state index in [4.69, 9.17) is 4.74 Å². The highest BCUT2D eigenvalue weighted by atomic mass is 32.2. The molecule has 0 saturated carbocycles. The molecule has 28 heavy (non-hydrogen) atoms. The summed E-state index contributed by atoms with van der Waals surface area (Å²) in [6.45, 7) is 4.46. The van der Waals surface area contributed by atoms with Gasteiger partial charge in [0.25, 0.3) is 5.78 Å². The molecule has 1 saturated heterocycles. The first-order valence-electron chi connectivity index (χ1n) is 9.12. The van der Waals surface area contributed by atoms with Crippen LogP contribution in [-0.2, 0) is 26.0 Å². The maximum Gasteiger partial charge on any atom is 0.252 e. The van der Waals surface area contributed by atoms with Crippen LogP contribution in [0.1, 0.15) is 23.4 Å². The summed E-state index contributed by atoms with van der Waals surface area (Å²) in [5.74, 6) is 0.0974. The number of nitrogens with zero attached hydrogens (tertiary/aromatic N) is 5. The van der Waals surface area contributed by atoms with Crippen LogP contribution in [-0.4, -0.2) is 77.3 Å². The summed E-state index contributed by atoms with van der Waals surface area (Å²) in [6, 6.07) is -0.305. The quantitative estimate of drug-likeness (QED) is 0.665. The molecule has 0 bridgehead atoms. The van der Waals surface area contributed by atoms with Crippen LogP contribution in [0.3, 0.4) is 0 Å². The van der Waals surface area contributed by atoms with Crippen LogP contribution in [0.5, 0.6) is 0 Å². The Bertz CT molecular complexity index is 971. The maximum atomic E-state index is 12.5. The Morgan fingerprint density at radius 1 is 1.36 bits per heavy atom. The number of hydrogen-bond acceptors (Lipinski definition) is 7. The minimum absolute atomic E-state index is 0.0456. The zero-order chi connectivity index (χ0) is 20.5. The van der Waals surface area contributed by atoms with Crippen LogP contribution in [0.2, 0.25) is 0 Å². The maximum absolute atomic E-state index is 12.5. The summed E-state index contributed by atoms with van der Waals surface area (Å²) in [5.41, 5.74) is 2.69. The van der Waals surface area contributed by atoms with Gasteiger partial charge in [-0.1, -0.05) is 0 Å². The lowest BCUT2D eigenvalue weighted by molar-refractivity contribution is -0.122. The van der Waals surface area contributed by atoms with Gasteiger partial charge in [-0.2, -0.15) is 10.1 Å². The number of nitrogens with one attached hydrogen (secondary N) is 1. The van der Waals surface area contributed by atoms with Crippen LogP contribution < -0.4 is 5.32 Å². The normalized spacial score (nSPS) is 20.2. The fraction of sp³-hybridized carbons (Fsp3) is 0.647. The van der Waals surface area contributed by atoms with Gasteiger partial charge in [0, 0.05) is 37.8 Å². The Morgan fingerprint density at radius 3 is 2.82 bits per heavy atom. The predicted molar refractivity (Wildman–Crippen MR) is 102 cm³/mol. The molecule has 1 fully saturated rings. The van der Waals surface area contributed by atoms with E-state index in [-0.39, 0.29) is 30.0 Å². The SMILES string of the molecule is Cc1nc2ncnn2c(C)c1CCC(=O)N[C@H]1COC[C@H]1CS(=O)(=O)N(C)C. The number of hydrogen-bond donors (Lipinski definition) is 1. The second-order valence-corrected chi connectivity index (χ2v) is 9.49. The van der Waals surface area contributed by atoms with E-state index in [9.17, 15) is 13.2 Å². The van der Waals surface area contributed by atoms with E-state index in [2.05, 4.69) is 20.4 Å². The lowest BCUT2D eigenvalue weighted by Gasteiger charge is -2.21. The van der Waals surface area contributed by atoms with Crippen molar-refractivity contribution in [2.24, 2.45) is 5.92 Å². The molecule has 2 aromatic rings. The Morgan fingerprint density at radius 2 is 2.11 bits per heavy atom. The smallest absolute Gasteiger partial charge is 0.252 e. The molecule has 1 amide bonds. The molecule has 0 radical (unpaired) electrons. The molecule has 2 aromatic heterocycles. The number of fused-ring (bicyclic) bond motifs is 1. The van der Waals surface area contributed by atoms with Gasteiger partial charge in [0.05, 0.1) is 25.0 Å². The van der Waals surface area contributed by atoms with Gasteiger partial charge < -0.3 is 10.1 Å². The fourth-order valence-electron chi connectivity index (χ4n) is 3.38. The number of ether oxygens (including phenoxy) is 1. The largest absolute Gasteiger partial charge is 0.379 e. The molecule has 3 heterocycles. The summed E-state index contributed by atoms with van der Waals surface area (Å²) >= 11 is 0. The van der Waals surface area contributed by atoms with Gasteiger partial charge in [0.2, 0.25) is 15.9 Å². The van der Waals surface area contributed by atoms with Crippen molar-refractivity contribution in [2.45, 2.75) is 32.7 Å². The van der Waals surface area contributed by atoms with Crippen LogP contribution in [0, 0.1) is 19.8 Å². The Kier molecular flexibility index (Phi) is 5.96. The molecule has 3 rings (SSSR count). The standard InChI is InChI=1S/C17H26N6O4S/c1-11-14(12(2)23-17(20-11)18-10-19-23)5-6-16(24)21-15-8-27-7-13(15)9-28(25,26)22(3)4/h10,13,15H,5-9H2,1-4H3,(H,21,24)/t13-,15-/m0/s1. The highest BCUT2D eigenvalue weighted by Gasteiger charge is 2.34. The Labute approximate surface area is 164 Å².